The van der Waals surface area contributed by atoms with Crippen LogP contribution >= 0.6 is 23.1 Å². The SMILES string of the molecule is Cc1c(NC(=O)CSc2nnc(N)s2)cccc1[N+](=O)[O-]. The van der Waals surface area contributed by atoms with Gasteiger partial charge in [0.1, 0.15) is 0 Å². The molecule has 10 heteroatoms. The molecule has 1 aromatic heterocycles. The third-order valence-corrected chi connectivity index (χ3v) is 4.41. The van der Waals surface area contributed by atoms with Crippen molar-refractivity contribution in [3.05, 3.63) is 33.9 Å². The minimum atomic E-state index is -0.482. The van der Waals surface area contributed by atoms with Crippen LogP contribution in [0.2, 0.25) is 0 Å². The highest BCUT2D eigenvalue weighted by Crippen LogP contribution is 2.26. The molecule has 1 amide bonds. The molecule has 1 aromatic carbocycles. The van der Waals surface area contributed by atoms with E-state index in [-0.39, 0.29) is 17.3 Å². The van der Waals surface area contributed by atoms with Crippen molar-refractivity contribution in [1.82, 2.24) is 10.2 Å². The van der Waals surface area contributed by atoms with E-state index in [9.17, 15) is 14.9 Å². The number of nitrogens with two attached hydrogens (primary N) is 1. The maximum atomic E-state index is 11.8. The molecule has 21 heavy (non-hydrogen) atoms. The van der Waals surface area contributed by atoms with Gasteiger partial charge >= 0.3 is 0 Å². The van der Waals surface area contributed by atoms with Gasteiger partial charge in [-0.15, -0.1) is 10.2 Å². The molecule has 0 aliphatic heterocycles. The molecule has 0 saturated heterocycles. The van der Waals surface area contributed by atoms with Crippen LogP contribution in [0.5, 0.6) is 0 Å². The average molecular weight is 325 g/mol. The van der Waals surface area contributed by atoms with Crippen LogP contribution in [0.3, 0.4) is 0 Å². The Bertz CT molecular complexity index is 688. The number of thioether (sulfide) groups is 1. The van der Waals surface area contributed by atoms with Crippen molar-refractivity contribution in [3.8, 4) is 0 Å². The van der Waals surface area contributed by atoms with Crippen LogP contribution in [0.15, 0.2) is 22.5 Å². The van der Waals surface area contributed by atoms with E-state index in [1.165, 1.54) is 35.2 Å². The smallest absolute Gasteiger partial charge is 0.274 e. The predicted octanol–water partition coefficient (Wildman–Crippen LogP) is 2.07. The second-order valence-corrected chi connectivity index (χ2v) is 6.18. The summed E-state index contributed by atoms with van der Waals surface area (Å²) >= 11 is 2.40. The zero-order chi connectivity index (χ0) is 15.4. The van der Waals surface area contributed by atoms with Gasteiger partial charge in [0.15, 0.2) is 4.34 Å². The van der Waals surface area contributed by atoms with Crippen molar-refractivity contribution >= 4 is 45.5 Å². The summed E-state index contributed by atoms with van der Waals surface area (Å²) in [5, 5.41) is 21.2. The molecule has 3 N–H and O–H groups in total. The summed E-state index contributed by atoms with van der Waals surface area (Å²) < 4.78 is 0.596. The van der Waals surface area contributed by atoms with Crippen LogP contribution in [0.4, 0.5) is 16.5 Å². The molecule has 0 saturated carbocycles. The van der Waals surface area contributed by atoms with E-state index < -0.39 is 4.92 Å². The number of nitrogens with one attached hydrogen (secondary N) is 1. The van der Waals surface area contributed by atoms with E-state index >= 15 is 0 Å². The standard InChI is InChI=1S/C11H11N5O3S2/c1-6-7(3-2-4-8(6)16(18)19)13-9(17)5-20-11-15-14-10(12)21-11/h2-4H,5H2,1H3,(H2,12,14)(H,13,17). The van der Waals surface area contributed by atoms with Gasteiger partial charge in [0.2, 0.25) is 11.0 Å². The Hall–Kier alpha value is -2.20. The van der Waals surface area contributed by atoms with E-state index in [2.05, 4.69) is 15.5 Å². The number of carbonyl (C=O) groups excluding carboxylic acids is 1. The van der Waals surface area contributed by atoms with E-state index in [0.717, 1.165) is 0 Å². The molecule has 8 nitrogen and oxygen atoms in total. The average Bonchev–Trinajstić information content (AvgIpc) is 2.84. The number of aromatic nitrogens is 2. The maximum absolute atomic E-state index is 11.8. The van der Waals surface area contributed by atoms with Gasteiger partial charge in [-0.05, 0) is 13.0 Å². The molecule has 110 valence electrons. The first kappa shape index (κ1) is 15.2. The fourth-order valence-electron chi connectivity index (χ4n) is 1.55. The Morgan fingerprint density at radius 1 is 1.52 bits per heavy atom. The number of hydrogen-bond donors (Lipinski definition) is 2. The first-order chi connectivity index (χ1) is 9.97. The molecule has 1 heterocycles. The van der Waals surface area contributed by atoms with Crippen LogP contribution in [-0.2, 0) is 4.79 Å². The van der Waals surface area contributed by atoms with Crippen molar-refractivity contribution in [3.63, 3.8) is 0 Å². The third-order valence-electron chi connectivity index (χ3n) is 2.52. The Morgan fingerprint density at radius 2 is 2.29 bits per heavy atom. The van der Waals surface area contributed by atoms with Gasteiger partial charge in [0.05, 0.1) is 21.9 Å². The maximum Gasteiger partial charge on any atom is 0.274 e. The monoisotopic (exact) mass is 325 g/mol. The first-order valence-electron chi connectivity index (χ1n) is 5.73. The molecule has 0 unspecified atom stereocenters. The lowest BCUT2D eigenvalue weighted by Gasteiger charge is -2.07. The van der Waals surface area contributed by atoms with Crippen LogP contribution in [0.25, 0.3) is 0 Å². The molecule has 0 atom stereocenters. The number of nitro groups is 1. The normalized spacial score (nSPS) is 10.3. The van der Waals surface area contributed by atoms with Crippen molar-refractivity contribution < 1.29 is 9.72 Å². The van der Waals surface area contributed by atoms with E-state index in [4.69, 9.17) is 5.73 Å². The quantitative estimate of drug-likeness (QED) is 0.490. The Balaban J connectivity index is 1.99. The number of nitrogens with zero attached hydrogens (tertiary/aromatic N) is 3. The lowest BCUT2D eigenvalue weighted by Crippen LogP contribution is -2.15. The molecule has 2 aromatic rings. The Kier molecular flexibility index (Phi) is 4.70. The summed E-state index contributed by atoms with van der Waals surface area (Å²) in [6, 6.07) is 4.54. The molecule has 0 radical (unpaired) electrons. The number of nitrogen functional groups attached to an aromatic ring is 1. The van der Waals surface area contributed by atoms with Gasteiger partial charge in [0.25, 0.3) is 5.69 Å². The van der Waals surface area contributed by atoms with Crippen molar-refractivity contribution in [2.24, 2.45) is 0 Å². The predicted molar refractivity (Wildman–Crippen MR) is 81.5 cm³/mol. The van der Waals surface area contributed by atoms with Crippen LogP contribution in [0.1, 0.15) is 5.56 Å². The summed E-state index contributed by atoms with van der Waals surface area (Å²) in [5.74, 6) is -0.158. The zero-order valence-electron chi connectivity index (χ0n) is 10.9. The van der Waals surface area contributed by atoms with E-state index in [1.807, 2.05) is 0 Å². The lowest BCUT2D eigenvalue weighted by molar-refractivity contribution is -0.385. The largest absolute Gasteiger partial charge is 0.374 e. The fraction of sp³-hybridized carbons (Fsp3) is 0.182. The Morgan fingerprint density at radius 3 is 2.90 bits per heavy atom. The van der Waals surface area contributed by atoms with Gasteiger partial charge < -0.3 is 11.1 Å². The summed E-state index contributed by atoms with van der Waals surface area (Å²) in [6.07, 6.45) is 0. The first-order valence-corrected chi connectivity index (χ1v) is 7.53. The molecule has 2 rings (SSSR count). The number of carbonyl (C=O) groups is 1. The third kappa shape index (κ3) is 3.89. The zero-order valence-corrected chi connectivity index (χ0v) is 12.5. The number of rotatable bonds is 5. The van der Waals surface area contributed by atoms with Gasteiger partial charge in [-0.1, -0.05) is 29.2 Å². The minimum Gasteiger partial charge on any atom is -0.374 e. The summed E-state index contributed by atoms with van der Waals surface area (Å²) in [6.45, 7) is 1.59. The van der Waals surface area contributed by atoms with Crippen molar-refractivity contribution in [2.75, 3.05) is 16.8 Å². The van der Waals surface area contributed by atoms with E-state index in [1.54, 1.807) is 13.0 Å². The minimum absolute atomic E-state index is 0.0302. The van der Waals surface area contributed by atoms with Gasteiger partial charge in [-0.2, -0.15) is 0 Å². The second kappa shape index (κ2) is 6.50. The Labute approximate surface area is 127 Å². The lowest BCUT2D eigenvalue weighted by atomic mass is 10.1. The van der Waals surface area contributed by atoms with E-state index in [0.29, 0.717) is 20.7 Å². The fourth-order valence-corrected chi connectivity index (χ4v) is 2.99. The number of hydrogen-bond acceptors (Lipinski definition) is 8. The van der Waals surface area contributed by atoms with Crippen molar-refractivity contribution in [2.45, 2.75) is 11.3 Å². The number of nitro benzene ring substituents is 1. The van der Waals surface area contributed by atoms with Crippen molar-refractivity contribution in [1.29, 1.82) is 0 Å². The van der Waals surface area contributed by atoms with Gasteiger partial charge in [0, 0.05) is 6.07 Å². The summed E-state index contributed by atoms with van der Waals surface area (Å²) in [5.41, 5.74) is 6.25. The number of benzene rings is 1. The van der Waals surface area contributed by atoms with Crippen LogP contribution in [-0.4, -0.2) is 26.8 Å². The summed E-state index contributed by atoms with van der Waals surface area (Å²) in [4.78, 5) is 22.2. The highest BCUT2D eigenvalue weighted by atomic mass is 32.2. The molecule has 0 spiro atoms. The van der Waals surface area contributed by atoms with Crippen LogP contribution in [0, 0.1) is 17.0 Å². The van der Waals surface area contributed by atoms with Crippen LogP contribution < -0.4 is 11.1 Å². The number of amides is 1. The summed E-state index contributed by atoms with van der Waals surface area (Å²) in [7, 11) is 0. The van der Waals surface area contributed by atoms with Gasteiger partial charge in [-0.25, -0.2) is 0 Å². The topological polar surface area (TPSA) is 124 Å². The second-order valence-electron chi connectivity index (χ2n) is 3.95. The molecule has 0 fully saturated rings. The number of anilines is 2. The molecule has 0 bridgehead atoms. The highest BCUT2D eigenvalue weighted by molar-refractivity contribution is 8.01. The van der Waals surface area contributed by atoms with Gasteiger partial charge in [-0.3, -0.25) is 14.9 Å². The molecular weight excluding hydrogens is 314 g/mol. The molecular formula is C11H11N5O3S2. The highest BCUT2D eigenvalue weighted by Gasteiger charge is 2.15. The molecule has 0 aliphatic rings. The molecule has 0 aliphatic carbocycles.